The number of carbonyl (C=O) groups is 2. The molecule has 0 aromatic heterocycles. The number of amides is 1. The third kappa shape index (κ3) is 4.41. The van der Waals surface area contributed by atoms with Crippen LogP contribution in [0.4, 0.5) is 0 Å². The Kier molecular flexibility index (Phi) is 5.72. The number of nitrogens with one attached hydrogen (secondary N) is 1. The lowest BCUT2D eigenvalue weighted by atomic mass is 9.79. The predicted molar refractivity (Wildman–Crippen MR) is 85.3 cm³/mol. The molecule has 0 spiro atoms. The van der Waals surface area contributed by atoms with Crippen molar-refractivity contribution in [1.29, 1.82) is 0 Å². The van der Waals surface area contributed by atoms with Gasteiger partial charge in [-0.1, -0.05) is 37.3 Å². The van der Waals surface area contributed by atoms with E-state index in [0.717, 1.165) is 5.56 Å². The van der Waals surface area contributed by atoms with Gasteiger partial charge in [0.1, 0.15) is 5.78 Å². The van der Waals surface area contributed by atoms with E-state index in [1.807, 2.05) is 44.2 Å². The summed E-state index contributed by atoms with van der Waals surface area (Å²) in [6.45, 7) is 3.77. The lowest BCUT2D eigenvalue weighted by Crippen LogP contribution is -2.46. The van der Waals surface area contributed by atoms with Crippen LogP contribution in [0.1, 0.15) is 38.7 Å². The molecular weight excluding hydrogens is 278 g/mol. The molecule has 1 aliphatic rings. The maximum absolute atomic E-state index is 12.3. The molecule has 0 heterocycles. The second-order valence-corrected chi connectivity index (χ2v) is 6.42. The van der Waals surface area contributed by atoms with Gasteiger partial charge in [-0.25, -0.2) is 0 Å². The smallest absolute Gasteiger partial charge is 0.223 e. The Balaban J connectivity index is 1.86. The van der Waals surface area contributed by atoms with Gasteiger partial charge in [-0.2, -0.15) is 0 Å². The van der Waals surface area contributed by atoms with Crippen molar-refractivity contribution in [3.63, 3.8) is 0 Å². The van der Waals surface area contributed by atoms with E-state index in [1.165, 1.54) is 0 Å². The van der Waals surface area contributed by atoms with E-state index in [-0.39, 0.29) is 29.6 Å². The highest BCUT2D eigenvalue weighted by atomic mass is 16.3. The molecule has 0 aliphatic heterocycles. The average molecular weight is 303 g/mol. The third-order valence-corrected chi connectivity index (χ3v) is 4.54. The van der Waals surface area contributed by atoms with Crippen molar-refractivity contribution in [3.8, 4) is 0 Å². The summed E-state index contributed by atoms with van der Waals surface area (Å²) in [7, 11) is 0. The van der Waals surface area contributed by atoms with Crippen LogP contribution in [-0.2, 0) is 16.0 Å². The number of rotatable bonds is 5. The molecule has 4 nitrogen and oxygen atoms in total. The van der Waals surface area contributed by atoms with Gasteiger partial charge < -0.3 is 10.4 Å². The fourth-order valence-corrected chi connectivity index (χ4v) is 3.05. The van der Waals surface area contributed by atoms with Gasteiger partial charge in [-0.05, 0) is 24.8 Å². The number of ketones is 1. The van der Waals surface area contributed by atoms with Crippen LogP contribution in [0.3, 0.4) is 0 Å². The molecule has 22 heavy (non-hydrogen) atoms. The SMILES string of the molecule is CC1CC(=O)CCC1C(=O)NC(C)C(O)Cc1ccccc1. The number of Topliss-reactive ketones (excluding diaryl/α,β-unsaturated/α-hetero) is 1. The van der Waals surface area contributed by atoms with E-state index in [2.05, 4.69) is 5.32 Å². The van der Waals surface area contributed by atoms with E-state index in [9.17, 15) is 14.7 Å². The Morgan fingerprint density at radius 2 is 2.05 bits per heavy atom. The first-order valence-corrected chi connectivity index (χ1v) is 8.01. The maximum Gasteiger partial charge on any atom is 0.223 e. The van der Waals surface area contributed by atoms with Crippen molar-refractivity contribution in [3.05, 3.63) is 35.9 Å². The zero-order chi connectivity index (χ0) is 16.1. The minimum atomic E-state index is -0.619. The number of hydrogen-bond acceptors (Lipinski definition) is 3. The second-order valence-electron chi connectivity index (χ2n) is 6.42. The van der Waals surface area contributed by atoms with Gasteiger partial charge in [0.15, 0.2) is 0 Å². The van der Waals surface area contributed by atoms with Crippen LogP contribution in [0.5, 0.6) is 0 Å². The molecule has 1 saturated carbocycles. The number of hydrogen-bond donors (Lipinski definition) is 2. The molecule has 2 rings (SSSR count). The van der Waals surface area contributed by atoms with Crippen LogP contribution < -0.4 is 5.32 Å². The van der Waals surface area contributed by atoms with E-state index < -0.39 is 6.10 Å². The average Bonchev–Trinajstić information content (AvgIpc) is 2.47. The minimum Gasteiger partial charge on any atom is -0.391 e. The highest BCUT2D eigenvalue weighted by Gasteiger charge is 2.32. The zero-order valence-electron chi connectivity index (χ0n) is 13.3. The molecule has 0 bridgehead atoms. The van der Waals surface area contributed by atoms with Crippen LogP contribution in [0.2, 0.25) is 0 Å². The second kappa shape index (κ2) is 7.54. The lowest BCUT2D eigenvalue weighted by molar-refractivity contribution is -0.132. The van der Waals surface area contributed by atoms with Gasteiger partial charge in [-0.3, -0.25) is 9.59 Å². The van der Waals surface area contributed by atoms with Gasteiger partial charge >= 0.3 is 0 Å². The Labute approximate surface area is 131 Å². The molecule has 0 radical (unpaired) electrons. The summed E-state index contributed by atoms with van der Waals surface area (Å²) < 4.78 is 0. The molecule has 1 fully saturated rings. The monoisotopic (exact) mass is 303 g/mol. The molecule has 4 unspecified atom stereocenters. The number of carbonyl (C=O) groups excluding carboxylic acids is 2. The van der Waals surface area contributed by atoms with Crippen molar-refractivity contribution in [2.75, 3.05) is 0 Å². The lowest BCUT2D eigenvalue weighted by Gasteiger charge is -2.29. The molecule has 4 heteroatoms. The Bertz CT molecular complexity index is 514. The number of benzene rings is 1. The molecule has 0 saturated heterocycles. The predicted octanol–water partition coefficient (Wildman–Crippen LogP) is 2.10. The fourth-order valence-electron chi connectivity index (χ4n) is 3.05. The zero-order valence-corrected chi connectivity index (χ0v) is 13.3. The standard InChI is InChI=1S/C18H25NO3/c1-12-10-15(20)8-9-16(12)18(22)19-13(2)17(21)11-14-6-4-3-5-7-14/h3-7,12-13,16-17,21H,8-11H2,1-2H3,(H,19,22). The molecule has 1 aromatic carbocycles. The van der Waals surface area contributed by atoms with E-state index in [1.54, 1.807) is 0 Å². The van der Waals surface area contributed by atoms with E-state index >= 15 is 0 Å². The Morgan fingerprint density at radius 1 is 1.36 bits per heavy atom. The highest BCUT2D eigenvalue weighted by Crippen LogP contribution is 2.27. The molecule has 120 valence electrons. The summed E-state index contributed by atoms with van der Waals surface area (Å²) in [6, 6.07) is 9.43. The van der Waals surface area contributed by atoms with Gasteiger partial charge in [0, 0.05) is 25.2 Å². The van der Waals surface area contributed by atoms with Crippen LogP contribution in [0.25, 0.3) is 0 Å². The summed E-state index contributed by atoms with van der Waals surface area (Å²) >= 11 is 0. The van der Waals surface area contributed by atoms with Crippen molar-refractivity contribution in [2.24, 2.45) is 11.8 Å². The summed E-state index contributed by atoms with van der Waals surface area (Å²) in [5, 5.41) is 13.2. The normalized spacial score (nSPS) is 24.6. The summed E-state index contributed by atoms with van der Waals surface area (Å²) in [6.07, 6.45) is 1.49. The van der Waals surface area contributed by atoms with E-state index in [4.69, 9.17) is 0 Å². The van der Waals surface area contributed by atoms with Crippen LogP contribution in [0, 0.1) is 11.8 Å². The van der Waals surface area contributed by atoms with Crippen LogP contribution in [0.15, 0.2) is 30.3 Å². The van der Waals surface area contributed by atoms with Crippen molar-refractivity contribution >= 4 is 11.7 Å². The van der Waals surface area contributed by atoms with Crippen molar-refractivity contribution in [2.45, 2.75) is 51.7 Å². The van der Waals surface area contributed by atoms with E-state index in [0.29, 0.717) is 25.7 Å². The largest absolute Gasteiger partial charge is 0.391 e. The van der Waals surface area contributed by atoms with Gasteiger partial charge in [0.2, 0.25) is 5.91 Å². The van der Waals surface area contributed by atoms with Crippen molar-refractivity contribution in [1.82, 2.24) is 5.32 Å². The quantitative estimate of drug-likeness (QED) is 0.875. The molecular formula is C18H25NO3. The van der Waals surface area contributed by atoms with Gasteiger partial charge in [0.25, 0.3) is 0 Å². The topological polar surface area (TPSA) is 66.4 Å². The molecule has 1 aliphatic carbocycles. The van der Waals surface area contributed by atoms with Gasteiger partial charge in [0.05, 0.1) is 12.1 Å². The highest BCUT2D eigenvalue weighted by molar-refractivity contribution is 5.85. The summed E-state index contributed by atoms with van der Waals surface area (Å²) in [4.78, 5) is 23.8. The number of aliphatic hydroxyl groups excluding tert-OH is 1. The van der Waals surface area contributed by atoms with Crippen molar-refractivity contribution < 1.29 is 14.7 Å². The number of aliphatic hydroxyl groups is 1. The Morgan fingerprint density at radius 3 is 2.68 bits per heavy atom. The van der Waals surface area contributed by atoms with Crippen LogP contribution in [-0.4, -0.2) is 28.9 Å². The fraction of sp³-hybridized carbons (Fsp3) is 0.556. The first-order valence-electron chi connectivity index (χ1n) is 8.01. The van der Waals surface area contributed by atoms with Gasteiger partial charge in [-0.15, -0.1) is 0 Å². The first-order chi connectivity index (χ1) is 10.5. The molecule has 2 N–H and O–H groups in total. The molecule has 1 aromatic rings. The minimum absolute atomic E-state index is 0.0420. The summed E-state index contributed by atoms with van der Waals surface area (Å²) in [5.74, 6) is 0.164. The first kappa shape index (κ1) is 16.7. The molecule has 1 amide bonds. The maximum atomic E-state index is 12.3. The third-order valence-electron chi connectivity index (χ3n) is 4.54. The summed E-state index contributed by atoms with van der Waals surface area (Å²) in [5.41, 5.74) is 1.05. The molecule has 4 atom stereocenters. The Hall–Kier alpha value is -1.68. The van der Waals surface area contributed by atoms with Crippen LogP contribution >= 0.6 is 0 Å².